The number of thiophene rings is 1. The molecule has 1 heterocycles. The average molecular weight is 299 g/mol. The van der Waals surface area contributed by atoms with Crippen LogP contribution in [0.25, 0.3) is 0 Å². The summed E-state index contributed by atoms with van der Waals surface area (Å²) in [7, 11) is -4.03. The van der Waals surface area contributed by atoms with Crippen LogP contribution in [0.15, 0.2) is 40.6 Å². The van der Waals surface area contributed by atoms with Crippen molar-refractivity contribution in [2.75, 3.05) is 0 Å². The highest BCUT2D eigenvalue weighted by Crippen LogP contribution is 2.30. The van der Waals surface area contributed by atoms with Crippen LogP contribution in [0.2, 0.25) is 0 Å². The van der Waals surface area contributed by atoms with E-state index in [0.717, 1.165) is 16.2 Å². The zero-order valence-corrected chi connectivity index (χ0v) is 11.4. The Morgan fingerprint density at radius 2 is 1.89 bits per heavy atom. The maximum Gasteiger partial charge on any atom is 0.349 e. The number of nitro benzene ring substituents is 1. The molecule has 0 aliphatic carbocycles. The lowest BCUT2D eigenvalue weighted by Gasteiger charge is -2.05. The molecule has 0 bridgehead atoms. The van der Waals surface area contributed by atoms with Crippen molar-refractivity contribution in [2.45, 2.75) is 11.1 Å². The molecule has 0 radical (unpaired) electrons. The summed E-state index contributed by atoms with van der Waals surface area (Å²) in [5.74, 6) is -0.293. The van der Waals surface area contributed by atoms with Crippen LogP contribution in [-0.4, -0.2) is 13.3 Å². The molecule has 19 heavy (non-hydrogen) atoms. The van der Waals surface area contributed by atoms with Crippen molar-refractivity contribution in [1.29, 1.82) is 0 Å². The SMILES string of the molecule is Cc1ccc(S(=O)(=O)Oc2ccccc2[N+](=O)[O-])s1. The molecule has 0 aliphatic heterocycles. The Morgan fingerprint density at radius 1 is 1.21 bits per heavy atom. The van der Waals surface area contributed by atoms with Gasteiger partial charge < -0.3 is 4.18 Å². The zero-order valence-electron chi connectivity index (χ0n) is 9.77. The second kappa shape index (κ2) is 4.98. The van der Waals surface area contributed by atoms with Crippen LogP contribution in [-0.2, 0) is 10.1 Å². The van der Waals surface area contributed by atoms with Crippen LogP contribution < -0.4 is 4.18 Å². The van der Waals surface area contributed by atoms with Crippen LogP contribution in [0.4, 0.5) is 5.69 Å². The summed E-state index contributed by atoms with van der Waals surface area (Å²) in [5, 5.41) is 10.8. The number of hydrogen-bond acceptors (Lipinski definition) is 6. The molecule has 1 aromatic carbocycles. The molecule has 8 heteroatoms. The van der Waals surface area contributed by atoms with E-state index in [4.69, 9.17) is 4.18 Å². The maximum absolute atomic E-state index is 12.0. The van der Waals surface area contributed by atoms with E-state index in [1.807, 2.05) is 0 Å². The summed E-state index contributed by atoms with van der Waals surface area (Å²) in [6.07, 6.45) is 0. The molecular weight excluding hydrogens is 290 g/mol. The van der Waals surface area contributed by atoms with Crippen LogP contribution in [0.1, 0.15) is 4.88 Å². The maximum atomic E-state index is 12.0. The lowest BCUT2D eigenvalue weighted by Crippen LogP contribution is -2.09. The number of aryl methyl sites for hydroxylation is 1. The third-order valence-electron chi connectivity index (χ3n) is 2.22. The third kappa shape index (κ3) is 2.91. The lowest BCUT2D eigenvalue weighted by atomic mass is 10.3. The molecule has 0 aliphatic rings. The molecule has 2 rings (SSSR count). The summed E-state index contributed by atoms with van der Waals surface area (Å²) < 4.78 is 28.8. The fourth-order valence-corrected chi connectivity index (χ4v) is 3.57. The molecule has 0 amide bonds. The van der Waals surface area contributed by atoms with Crippen LogP contribution in [0.3, 0.4) is 0 Å². The molecule has 100 valence electrons. The first-order valence-corrected chi connectivity index (χ1v) is 7.37. The number of nitro groups is 1. The van der Waals surface area contributed by atoms with E-state index in [-0.39, 0.29) is 15.6 Å². The first-order valence-electron chi connectivity index (χ1n) is 5.14. The van der Waals surface area contributed by atoms with Gasteiger partial charge in [0.2, 0.25) is 5.75 Å². The highest BCUT2D eigenvalue weighted by atomic mass is 32.3. The van der Waals surface area contributed by atoms with Gasteiger partial charge in [0, 0.05) is 10.9 Å². The molecule has 0 N–H and O–H groups in total. The summed E-state index contributed by atoms with van der Waals surface area (Å²) in [6, 6.07) is 8.38. The molecule has 0 atom stereocenters. The second-order valence-corrected chi connectivity index (χ2v) is 6.69. The van der Waals surface area contributed by atoms with E-state index in [0.29, 0.717) is 0 Å². The van der Waals surface area contributed by atoms with E-state index in [1.165, 1.54) is 30.3 Å². The molecule has 6 nitrogen and oxygen atoms in total. The monoisotopic (exact) mass is 299 g/mol. The topological polar surface area (TPSA) is 86.5 Å². The highest BCUT2D eigenvalue weighted by molar-refractivity contribution is 7.89. The summed E-state index contributed by atoms with van der Waals surface area (Å²) in [6.45, 7) is 1.76. The van der Waals surface area contributed by atoms with Gasteiger partial charge in [-0.1, -0.05) is 12.1 Å². The van der Waals surface area contributed by atoms with E-state index < -0.39 is 15.0 Å². The number of nitrogens with zero attached hydrogens (tertiary/aromatic N) is 1. The van der Waals surface area contributed by atoms with Crippen molar-refractivity contribution in [1.82, 2.24) is 0 Å². The van der Waals surface area contributed by atoms with Crippen LogP contribution in [0, 0.1) is 17.0 Å². The van der Waals surface area contributed by atoms with Gasteiger partial charge in [0.25, 0.3) is 0 Å². The number of hydrogen-bond donors (Lipinski definition) is 0. The van der Waals surface area contributed by atoms with E-state index in [9.17, 15) is 18.5 Å². The second-order valence-electron chi connectivity index (χ2n) is 3.63. The van der Waals surface area contributed by atoms with E-state index >= 15 is 0 Å². The minimum Gasteiger partial charge on any atom is -0.371 e. The smallest absolute Gasteiger partial charge is 0.349 e. The fraction of sp³-hybridized carbons (Fsp3) is 0.0909. The molecule has 2 aromatic rings. The average Bonchev–Trinajstić information content (AvgIpc) is 2.76. The number of rotatable bonds is 4. The van der Waals surface area contributed by atoms with Gasteiger partial charge in [0.1, 0.15) is 0 Å². The first kappa shape index (κ1) is 13.5. The van der Waals surface area contributed by atoms with Gasteiger partial charge in [0.15, 0.2) is 4.21 Å². The van der Waals surface area contributed by atoms with Crippen molar-refractivity contribution in [3.8, 4) is 5.75 Å². The summed E-state index contributed by atoms with van der Waals surface area (Å²) in [5.41, 5.74) is -0.389. The predicted molar refractivity (Wildman–Crippen MR) is 70.0 cm³/mol. The summed E-state index contributed by atoms with van der Waals surface area (Å²) in [4.78, 5) is 10.9. The molecule has 1 aromatic heterocycles. The number of benzene rings is 1. The van der Waals surface area contributed by atoms with Gasteiger partial charge in [-0.25, -0.2) is 0 Å². The van der Waals surface area contributed by atoms with Crippen molar-refractivity contribution >= 4 is 27.1 Å². The predicted octanol–water partition coefficient (Wildman–Crippen LogP) is 2.73. The Kier molecular flexibility index (Phi) is 3.54. The largest absolute Gasteiger partial charge is 0.371 e. The Balaban J connectivity index is 2.39. The van der Waals surface area contributed by atoms with Crippen molar-refractivity contribution < 1.29 is 17.5 Å². The Hall–Kier alpha value is -1.93. The van der Waals surface area contributed by atoms with Gasteiger partial charge in [-0.05, 0) is 25.1 Å². The fourth-order valence-electron chi connectivity index (χ4n) is 1.38. The Bertz CT molecular complexity index is 720. The quantitative estimate of drug-likeness (QED) is 0.492. The van der Waals surface area contributed by atoms with Gasteiger partial charge in [-0.3, -0.25) is 10.1 Å². The molecule has 0 fully saturated rings. The normalized spacial score (nSPS) is 11.2. The highest BCUT2D eigenvalue weighted by Gasteiger charge is 2.23. The molecule has 0 unspecified atom stereocenters. The molecule has 0 saturated carbocycles. The van der Waals surface area contributed by atoms with Crippen molar-refractivity contribution in [3.05, 3.63) is 51.4 Å². The lowest BCUT2D eigenvalue weighted by molar-refractivity contribution is -0.385. The van der Waals surface area contributed by atoms with Gasteiger partial charge in [-0.2, -0.15) is 8.42 Å². The number of para-hydroxylation sites is 2. The minimum atomic E-state index is -4.03. The van der Waals surface area contributed by atoms with E-state index in [1.54, 1.807) is 13.0 Å². The zero-order chi connectivity index (χ0) is 14.0. The third-order valence-corrected chi connectivity index (χ3v) is 4.91. The van der Waals surface area contributed by atoms with Crippen molar-refractivity contribution in [3.63, 3.8) is 0 Å². The van der Waals surface area contributed by atoms with Crippen LogP contribution in [0.5, 0.6) is 5.75 Å². The minimum absolute atomic E-state index is 0.0168. The molecule has 0 spiro atoms. The Morgan fingerprint density at radius 3 is 2.47 bits per heavy atom. The van der Waals surface area contributed by atoms with Gasteiger partial charge in [-0.15, -0.1) is 11.3 Å². The Labute approximate surface area is 113 Å². The molecular formula is C11H9NO5S2. The standard InChI is InChI=1S/C11H9NO5S2/c1-8-6-7-11(18-8)19(15,16)17-10-5-3-2-4-9(10)12(13)14/h2-7H,1H3. The van der Waals surface area contributed by atoms with E-state index in [2.05, 4.69) is 0 Å². The van der Waals surface area contributed by atoms with Crippen LogP contribution >= 0.6 is 11.3 Å². The van der Waals surface area contributed by atoms with Gasteiger partial charge in [0.05, 0.1) is 4.92 Å². The van der Waals surface area contributed by atoms with Crippen molar-refractivity contribution in [2.24, 2.45) is 0 Å². The molecule has 0 saturated heterocycles. The van der Waals surface area contributed by atoms with Gasteiger partial charge >= 0.3 is 15.8 Å². The summed E-state index contributed by atoms with van der Waals surface area (Å²) >= 11 is 1.05. The first-order chi connectivity index (χ1) is 8.90.